The van der Waals surface area contributed by atoms with E-state index < -0.39 is 0 Å². The van der Waals surface area contributed by atoms with Crippen LogP contribution in [0.15, 0.2) is 24.3 Å². The SMILES string of the molecule is CCCn1nc(C)c2c1NC(=O)CC2c1ccc(O)cc1. The van der Waals surface area contributed by atoms with Crippen molar-refractivity contribution in [1.82, 2.24) is 9.78 Å². The highest BCUT2D eigenvalue weighted by Gasteiger charge is 2.31. The predicted octanol–water partition coefficient (Wildman–Crippen LogP) is 2.78. The highest BCUT2D eigenvalue weighted by atomic mass is 16.3. The highest BCUT2D eigenvalue weighted by Crippen LogP contribution is 2.39. The van der Waals surface area contributed by atoms with Gasteiger partial charge in [-0.25, -0.2) is 4.68 Å². The van der Waals surface area contributed by atoms with Crippen molar-refractivity contribution < 1.29 is 9.90 Å². The summed E-state index contributed by atoms with van der Waals surface area (Å²) in [5.74, 6) is 1.07. The monoisotopic (exact) mass is 285 g/mol. The zero-order chi connectivity index (χ0) is 15.0. The number of nitrogens with zero attached hydrogens (tertiary/aromatic N) is 2. The minimum atomic E-state index is -0.0000406. The number of aromatic hydroxyl groups is 1. The lowest BCUT2D eigenvalue weighted by molar-refractivity contribution is -0.116. The molecule has 1 aliphatic rings. The maximum atomic E-state index is 12.0. The van der Waals surface area contributed by atoms with Gasteiger partial charge in [-0.1, -0.05) is 19.1 Å². The molecule has 0 spiro atoms. The van der Waals surface area contributed by atoms with E-state index in [4.69, 9.17) is 0 Å². The average molecular weight is 285 g/mol. The van der Waals surface area contributed by atoms with Crippen LogP contribution in [0.25, 0.3) is 0 Å². The van der Waals surface area contributed by atoms with E-state index in [9.17, 15) is 9.90 Å². The Morgan fingerprint density at radius 3 is 2.76 bits per heavy atom. The van der Waals surface area contributed by atoms with E-state index in [1.807, 2.05) is 23.7 Å². The maximum Gasteiger partial charge on any atom is 0.226 e. The van der Waals surface area contributed by atoms with Crippen LogP contribution in [0.5, 0.6) is 5.75 Å². The minimum Gasteiger partial charge on any atom is -0.508 e. The molecule has 5 nitrogen and oxygen atoms in total. The van der Waals surface area contributed by atoms with Crippen LogP contribution in [0, 0.1) is 6.92 Å². The van der Waals surface area contributed by atoms with E-state index in [-0.39, 0.29) is 17.6 Å². The number of carbonyl (C=O) groups is 1. The van der Waals surface area contributed by atoms with Crippen LogP contribution >= 0.6 is 0 Å². The van der Waals surface area contributed by atoms with Crippen molar-refractivity contribution in [2.75, 3.05) is 5.32 Å². The molecule has 1 unspecified atom stereocenters. The Hall–Kier alpha value is -2.30. The average Bonchev–Trinajstić information content (AvgIpc) is 2.76. The summed E-state index contributed by atoms with van der Waals surface area (Å²) in [7, 11) is 0. The molecule has 0 aliphatic carbocycles. The molecule has 0 fully saturated rings. The van der Waals surface area contributed by atoms with Gasteiger partial charge in [0, 0.05) is 24.4 Å². The summed E-state index contributed by atoms with van der Waals surface area (Å²) in [6.07, 6.45) is 1.38. The van der Waals surface area contributed by atoms with E-state index in [1.54, 1.807) is 12.1 Å². The second-order valence-electron chi connectivity index (χ2n) is 5.47. The van der Waals surface area contributed by atoms with Gasteiger partial charge in [0.2, 0.25) is 5.91 Å². The van der Waals surface area contributed by atoms with Gasteiger partial charge < -0.3 is 10.4 Å². The first-order chi connectivity index (χ1) is 10.1. The van der Waals surface area contributed by atoms with Crippen molar-refractivity contribution in [3.05, 3.63) is 41.1 Å². The Kier molecular flexibility index (Phi) is 3.41. The fourth-order valence-electron chi connectivity index (χ4n) is 2.98. The molecule has 2 aromatic rings. The standard InChI is InChI=1S/C16H19N3O2/c1-3-8-19-16-15(10(2)18-19)13(9-14(21)17-16)11-4-6-12(20)7-5-11/h4-7,13,20H,3,8-9H2,1-2H3,(H,17,21). The third-order valence-corrected chi connectivity index (χ3v) is 3.90. The number of rotatable bonds is 3. The number of hydrogen-bond donors (Lipinski definition) is 2. The quantitative estimate of drug-likeness (QED) is 0.911. The number of phenols is 1. The number of nitrogens with one attached hydrogen (secondary N) is 1. The van der Waals surface area contributed by atoms with Crippen LogP contribution in [0.4, 0.5) is 5.82 Å². The first-order valence-electron chi connectivity index (χ1n) is 7.26. The van der Waals surface area contributed by atoms with E-state index in [1.165, 1.54) is 0 Å². The van der Waals surface area contributed by atoms with Gasteiger partial charge in [-0.3, -0.25) is 4.79 Å². The van der Waals surface area contributed by atoms with Crippen molar-refractivity contribution in [1.29, 1.82) is 0 Å². The third-order valence-electron chi connectivity index (χ3n) is 3.90. The molecule has 1 aromatic heterocycles. The molecule has 21 heavy (non-hydrogen) atoms. The Labute approximate surface area is 123 Å². The number of carbonyl (C=O) groups excluding carboxylic acids is 1. The number of phenolic OH excluding ortho intramolecular Hbond substituents is 1. The van der Waals surface area contributed by atoms with Gasteiger partial charge in [0.05, 0.1) is 5.69 Å². The number of hydrogen-bond acceptors (Lipinski definition) is 3. The summed E-state index contributed by atoms with van der Waals surface area (Å²) in [5.41, 5.74) is 3.08. The molecule has 1 atom stereocenters. The molecule has 0 saturated heterocycles. The molecule has 1 amide bonds. The smallest absolute Gasteiger partial charge is 0.226 e. The van der Waals surface area contributed by atoms with Crippen molar-refractivity contribution in [2.45, 2.75) is 39.2 Å². The molecule has 1 aliphatic heterocycles. The second kappa shape index (κ2) is 5.24. The lowest BCUT2D eigenvalue weighted by Crippen LogP contribution is -2.25. The van der Waals surface area contributed by atoms with Gasteiger partial charge >= 0.3 is 0 Å². The fraction of sp³-hybridized carbons (Fsp3) is 0.375. The number of aromatic nitrogens is 2. The van der Waals surface area contributed by atoms with E-state index in [2.05, 4.69) is 17.3 Å². The zero-order valence-electron chi connectivity index (χ0n) is 12.3. The van der Waals surface area contributed by atoms with Crippen LogP contribution in [0.3, 0.4) is 0 Å². The Balaban J connectivity index is 2.09. The summed E-state index contributed by atoms with van der Waals surface area (Å²) in [6, 6.07) is 7.07. The molecule has 1 aromatic carbocycles. The van der Waals surface area contributed by atoms with Gasteiger partial charge in [0.15, 0.2) is 0 Å². The summed E-state index contributed by atoms with van der Waals surface area (Å²) >= 11 is 0. The lowest BCUT2D eigenvalue weighted by Gasteiger charge is -2.24. The Morgan fingerprint density at radius 1 is 1.38 bits per heavy atom. The number of anilines is 1. The molecule has 0 radical (unpaired) electrons. The molecule has 0 bridgehead atoms. The first-order valence-corrected chi connectivity index (χ1v) is 7.26. The molecule has 5 heteroatoms. The van der Waals surface area contributed by atoms with Crippen LogP contribution in [0.2, 0.25) is 0 Å². The third kappa shape index (κ3) is 2.39. The maximum absolute atomic E-state index is 12.0. The van der Waals surface area contributed by atoms with Crippen LogP contribution < -0.4 is 5.32 Å². The van der Waals surface area contributed by atoms with Crippen LogP contribution in [-0.4, -0.2) is 20.8 Å². The second-order valence-corrected chi connectivity index (χ2v) is 5.47. The summed E-state index contributed by atoms with van der Waals surface area (Å²) in [6.45, 7) is 4.86. The molecule has 3 rings (SSSR count). The van der Waals surface area contributed by atoms with Crippen molar-refractivity contribution >= 4 is 11.7 Å². The fourth-order valence-corrected chi connectivity index (χ4v) is 2.98. The highest BCUT2D eigenvalue weighted by molar-refractivity contribution is 5.94. The van der Waals surface area contributed by atoms with Crippen molar-refractivity contribution in [3.8, 4) is 5.75 Å². The summed E-state index contributed by atoms with van der Waals surface area (Å²) in [4.78, 5) is 12.0. The van der Waals surface area contributed by atoms with E-state index >= 15 is 0 Å². The van der Waals surface area contributed by atoms with Crippen LogP contribution in [-0.2, 0) is 11.3 Å². The normalized spacial score (nSPS) is 17.4. The minimum absolute atomic E-state index is 0.0000406. The van der Waals surface area contributed by atoms with Gasteiger partial charge in [0.25, 0.3) is 0 Å². The molecule has 0 saturated carbocycles. The number of fused-ring (bicyclic) bond motifs is 1. The van der Waals surface area contributed by atoms with Crippen LogP contribution in [0.1, 0.15) is 42.5 Å². The molecule has 2 heterocycles. The van der Waals surface area contributed by atoms with Gasteiger partial charge in [-0.15, -0.1) is 0 Å². The van der Waals surface area contributed by atoms with Gasteiger partial charge in [0.1, 0.15) is 11.6 Å². The Bertz CT molecular complexity index is 674. The molecule has 2 N–H and O–H groups in total. The Morgan fingerprint density at radius 2 is 2.10 bits per heavy atom. The topological polar surface area (TPSA) is 67.2 Å². The first kappa shape index (κ1) is 13.7. The largest absolute Gasteiger partial charge is 0.508 e. The number of amides is 1. The van der Waals surface area contributed by atoms with E-state index in [0.29, 0.717) is 6.42 Å². The van der Waals surface area contributed by atoms with Crippen molar-refractivity contribution in [2.24, 2.45) is 0 Å². The lowest BCUT2D eigenvalue weighted by atomic mass is 9.86. The van der Waals surface area contributed by atoms with E-state index in [0.717, 1.165) is 35.6 Å². The zero-order valence-corrected chi connectivity index (χ0v) is 12.3. The summed E-state index contributed by atoms with van der Waals surface area (Å²) in [5, 5.41) is 17.0. The van der Waals surface area contributed by atoms with Gasteiger partial charge in [-0.05, 0) is 31.0 Å². The number of benzene rings is 1. The van der Waals surface area contributed by atoms with Gasteiger partial charge in [-0.2, -0.15) is 5.10 Å². The molecule has 110 valence electrons. The number of aryl methyl sites for hydroxylation is 2. The molecular weight excluding hydrogens is 266 g/mol. The molecular formula is C16H19N3O2. The summed E-state index contributed by atoms with van der Waals surface area (Å²) < 4.78 is 1.88. The van der Waals surface area contributed by atoms with Crippen molar-refractivity contribution in [3.63, 3.8) is 0 Å². The predicted molar refractivity (Wildman–Crippen MR) is 80.5 cm³/mol.